The number of hydrogen-bond donors (Lipinski definition) is 1. The molecule has 0 unspecified atom stereocenters. The molecule has 0 fully saturated rings. The molecule has 0 saturated heterocycles. The summed E-state index contributed by atoms with van der Waals surface area (Å²) < 4.78 is 22.1. The number of halogens is 1. The number of ether oxygens (including phenoxy) is 1. The Hall–Kier alpha value is -4.46. The number of carbonyl (C=O) groups excluding carboxylic acids is 1. The third kappa shape index (κ3) is 4.26. The van der Waals surface area contributed by atoms with Gasteiger partial charge in [-0.1, -0.05) is 36.4 Å². The number of hydrogen-bond acceptors (Lipinski definition) is 4. The minimum absolute atomic E-state index is 0.122. The van der Waals surface area contributed by atoms with E-state index in [-0.39, 0.29) is 18.0 Å². The molecule has 2 aromatic heterocycles. The van der Waals surface area contributed by atoms with E-state index in [2.05, 4.69) is 10.3 Å². The van der Waals surface area contributed by atoms with E-state index in [1.165, 1.54) is 23.0 Å². The maximum Gasteiger partial charge on any atom is 0.278 e. The molecule has 2 heterocycles. The van der Waals surface area contributed by atoms with Crippen molar-refractivity contribution in [3.8, 4) is 5.75 Å². The molecule has 0 aliphatic rings. The van der Waals surface area contributed by atoms with Gasteiger partial charge in [0.05, 0.1) is 25.5 Å². The third-order valence-corrected chi connectivity index (χ3v) is 6.02. The van der Waals surface area contributed by atoms with Crippen LogP contribution in [0.15, 0.2) is 77.9 Å². The van der Waals surface area contributed by atoms with Gasteiger partial charge in [-0.25, -0.2) is 9.37 Å². The number of nitrogens with one attached hydrogen (secondary N) is 1. The lowest BCUT2D eigenvalue weighted by atomic mass is 10.2. The second-order valence-corrected chi connectivity index (χ2v) is 8.33. The number of para-hydroxylation sites is 1. The fraction of sp³-hybridized carbons (Fsp3) is 0.148. The first-order valence-corrected chi connectivity index (χ1v) is 11.1. The molecule has 0 spiro atoms. The van der Waals surface area contributed by atoms with Gasteiger partial charge in [-0.3, -0.25) is 14.2 Å². The van der Waals surface area contributed by atoms with Crippen LogP contribution in [0.1, 0.15) is 11.1 Å². The zero-order valence-electron chi connectivity index (χ0n) is 19.3. The fourth-order valence-corrected chi connectivity index (χ4v) is 4.22. The Balaban J connectivity index is 1.56. The first-order valence-electron chi connectivity index (χ1n) is 11.1. The van der Waals surface area contributed by atoms with Crippen LogP contribution in [0.4, 0.5) is 10.1 Å². The van der Waals surface area contributed by atoms with E-state index < -0.39 is 5.82 Å². The molecule has 5 rings (SSSR count). The molecule has 3 aromatic carbocycles. The predicted octanol–water partition coefficient (Wildman–Crippen LogP) is 4.49. The number of carbonyl (C=O) groups is 1. The summed E-state index contributed by atoms with van der Waals surface area (Å²) in [5.41, 5.74) is 3.39. The Morgan fingerprint density at radius 2 is 1.86 bits per heavy atom. The summed E-state index contributed by atoms with van der Waals surface area (Å²) in [4.78, 5) is 31.1. The number of benzene rings is 3. The summed E-state index contributed by atoms with van der Waals surface area (Å²) in [5, 5.41) is 3.55. The van der Waals surface area contributed by atoms with Crippen LogP contribution < -0.4 is 15.6 Å². The molecule has 7 nitrogen and oxygen atoms in total. The summed E-state index contributed by atoms with van der Waals surface area (Å²) in [6.07, 6.45) is 1.53. The molecule has 0 saturated carbocycles. The van der Waals surface area contributed by atoms with Gasteiger partial charge in [0.1, 0.15) is 29.1 Å². The number of fused-ring (bicyclic) bond motifs is 3. The highest BCUT2D eigenvalue weighted by Crippen LogP contribution is 2.26. The largest absolute Gasteiger partial charge is 0.497 e. The van der Waals surface area contributed by atoms with Gasteiger partial charge in [-0.15, -0.1) is 0 Å². The molecule has 0 radical (unpaired) electrons. The molecular formula is C27H23FN4O3. The van der Waals surface area contributed by atoms with Gasteiger partial charge >= 0.3 is 0 Å². The third-order valence-electron chi connectivity index (χ3n) is 6.02. The number of anilines is 1. The van der Waals surface area contributed by atoms with Gasteiger partial charge in [0.25, 0.3) is 5.56 Å². The Morgan fingerprint density at radius 1 is 1.09 bits per heavy atom. The van der Waals surface area contributed by atoms with Crippen molar-refractivity contribution in [3.05, 3.63) is 100 Å². The zero-order valence-corrected chi connectivity index (χ0v) is 19.3. The molecule has 35 heavy (non-hydrogen) atoms. The Bertz CT molecular complexity index is 1620. The molecule has 1 amide bonds. The summed E-state index contributed by atoms with van der Waals surface area (Å²) in [6.45, 7) is 1.99. The molecule has 0 bridgehead atoms. The van der Waals surface area contributed by atoms with Gasteiger partial charge in [-0.05, 0) is 48.4 Å². The van der Waals surface area contributed by atoms with E-state index in [9.17, 15) is 14.0 Å². The van der Waals surface area contributed by atoms with Crippen LogP contribution >= 0.6 is 0 Å². The predicted molar refractivity (Wildman–Crippen MR) is 133 cm³/mol. The monoisotopic (exact) mass is 470 g/mol. The van der Waals surface area contributed by atoms with Crippen molar-refractivity contribution >= 4 is 33.5 Å². The summed E-state index contributed by atoms with van der Waals surface area (Å²) in [7, 11) is 1.60. The van der Waals surface area contributed by atoms with E-state index in [0.717, 1.165) is 27.8 Å². The number of nitrogens with zero attached hydrogens (tertiary/aromatic N) is 3. The minimum atomic E-state index is -0.437. The van der Waals surface area contributed by atoms with Gasteiger partial charge in [0, 0.05) is 11.1 Å². The highest BCUT2D eigenvalue weighted by Gasteiger charge is 2.19. The Morgan fingerprint density at radius 3 is 2.63 bits per heavy atom. The Kier molecular flexibility index (Phi) is 5.78. The van der Waals surface area contributed by atoms with Crippen molar-refractivity contribution in [1.29, 1.82) is 0 Å². The van der Waals surface area contributed by atoms with Gasteiger partial charge in [0.15, 0.2) is 0 Å². The molecule has 5 aromatic rings. The molecule has 176 valence electrons. The van der Waals surface area contributed by atoms with Crippen molar-refractivity contribution in [2.75, 3.05) is 12.4 Å². The maximum atomic E-state index is 13.7. The number of aryl methyl sites for hydroxylation is 1. The van der Waals surface area contributed by atoms with Crippen molar-refractivity contribution in [2.24, 2.45) is 0 Å². The summed E-state index contributed by atoms with van der Waals surface area (Å²) >= 11 is 0. The highest BCUT2D eigenvalue weighted by molar-refractivity contribution is 6.06. The van der Waals surface area contributed by atoms with Crippen LogP contribution in [0.5, 0.6) is 5.75 Å². The molecule has 8 heteroatoms. The number of aromatic nitrogens is 3. The van der Waals surface area contributed by atoms with Gasteiger partial charge < -0.3 is 14.6 Å². The Labute approximate surface area is 200 Å². The highest BCUT2D eigenvalue weighted by atomic mass is 19.1. The lowest BCUT2D eigenvalue weighted by Crippen LogP contribution is -2.25. The zero-order chi connectivity index (χ0) is 24.5. The SMILES string of the molecule is COc1ccc(Cn2cnc3c4ccccc4n(CC(=O)Nc4cc(F)ccc4C)c3c2=O)cc1. The summed E-state index contributed by atoms with van der Waals surface area (Å²) in [6, 6.07) is 19.1. The van der Waals surface area contributed by atoms with E-state index in [0.29, 0.717) is 23.3 Å². The van der Waals surface area contributed by atoms with Crippen molar-refractivity contribution in [3.63, 3.8) is 0 Å². The normalized spacial score (nSPS) is 11.2. The second-order valence-electron chi connectivity index (χ2n) is 8.33. The van der Waals surface area contributed by atoms with Gasteiger partial charge in [-0.2, -0.15) is 0 Å². The fourth-order valence-electron chi connectivity index (χ4n) is 4.22. The number of rotatable bonds is 6. The van der Waals surface area contributed by atoms with Crippen molar-refractivity contribution < 1.29 is 13.9 Å². The lowest BCUT2D eigenvalue weighted by Gasteiger charge is -2.11. The van der Waals surface area contributed by atoms with Crippen LogP contribution in [-0.4, -0.2) is 27.1 Å². The van der Waals surface area contributed by atoms with Crippen LogP contribution in [0.2, 0.25) is 0 Å². The van der Waals surface area contributed by atoms with Gasteiger partial charge in [0.2, 0.25) is 5.91 Å². The molecule has 0 atom stereocenters. The first-order chi connectivity index (χ1) is 16.9. The first kappa shape index (κ1) is 22.3. The summed E-state index contributed by atoms with van der Waals surface area (Å²) in [5.74, 6) is -0.0750. The quantitative estimate of drug-likeness (QED) is 0.397. The van der Waals surface area contributed by atoms with Crippen LogP contribution in [0.3, 0.4) is 0 Å². The molecule has 0 aliphatic heterocycles. The smallest absolute Gasteiger partial charge is 0.278 e. The van der Waals surface area contributed by atoms with Crippen molar-refractivity contribution in [1.82, 2.24) is 14.1 Å². The standard InChI is InChI=1S/C27H23FN4O3/c1-17-7-10-19(28)13-22(17)30-24(33)15-32-23-6-4-3-5-21(23)25-26(32)27(34)31(16-29-25)14-18-8-11-20(35-2)12-9-18/h3-13,16H,14-15H2,1-2H3,(H,30,33). The maximum absolute atomic E-state index is 13.7. The molecular weight excluding hydrogens is 447 g/mol. The topological polar surface area (TPSA) is 78.2 Å². The van der Waals surface area contributed by atoms with Crippen LogP contribution in [0, 0.1) is 12.7 Å². The van der Waals surface area contributed by atoms with E-state index in [4.69, 9.17) is 4.74 Å². The van der Waals surface area contributed by atoms with E-state index in [1.807, 2.05) is 48.5 Å². The molecule has 1 N–H and O–H groups in total. The van der Waals surface area contributed by atoms with E-state index in [1.54, 1.807) is 24.7 Å². The molecule has 0 aliphatic carbocycles. The van der Waals surface area contributed by atoms with Crippen LogP contribution in [-0.2, 0) is 17.9 Å². The number of methoxy groups -OCH3 is 1. The number of amides is 1. The minimum Gasteiger partial charge on any atom is -0.497 e. The van der Waals surface area contributed by atoms with Crippen molar-refractivity contribution in [2.45, 2.75) is 20.0 Å². The van der Waals surface area contributed by atoms with E-state index >= 15 is 0 Å². The average molecular weight is 471 g/mol. The second kappa shape index (κ2) is 9.06. The van der Waals surface area contributed by atoms with Crippen LogP contribution in [0.25, 0.3) is 21.9 Å². The lowest BCUT2D eigenvalue weighted by molar-refractivity contribution is -0.116. The average Bonchev–Trinajstić information content (AvgIpc) is 3.17.